The predicted molar refractivity (Wildman–Crippen MR) is 84.0 cm³/mol. The number of hydrogen-bond acceptors (Lipinski definition) is 5. The van der Waals surface area contributed by atoms with Gasteiger partial charge in [0.15, 0.2) is 11.5 Å². The van der Waals surface area contributed by atoms with Crippen LogP contribution in [0.15, 0.2) is 30.6 Å². The maximum atomic E-state index is 11.9. The third-order valence-corrected chi connectivity index (χ3v) is 3.43. The van der Waals surface area contributed by atoms with E-state index in [1.54, 1.807) is 12.1 Å². The molecular weight excluding hydrogens is 325 g/mol. The lowest BCUT2D eigenvalue weighted by molar-refractivity contribution is 0.0955. The van der Waals surface area contributed by atoms with Crippen molar-refractivity contribution in [3.8, 4) is 6.07 Å². The standard InChI is InChI=1S/C14H11Cl2N5O/c15-10-2-1-9(7-11(10)16)14(22)21-6-5-20-13-12(8-17)18-3-4-19-13/h1-4,7H,5-6H2,(H,19,20)(H,21,22). The molecule has 22 heavy (non-hydrogen) atoms. The van der Waals surface area contributed by atoms with E-state index in [9.17, 15) is 4.79 Å². The molecule has 0 aliphatic heterocycles. The number of nitrogens with one attached hydrogen (secondary N) is 2. The average Bonchev–Trinajstić information content (AvgIpc) is 2.54. The SMILES string of the molecule is N#Cc1nccnc1NCCNC(=O)c1ccc(Cl)c(Cl)c1. The molecule has 0 saturated heterocycles. The number of halogens is 2. The molecule has 0 atom stereocenters. The average molecular weight is 336 g/mol. The van der Waals surface area contributed by atoms with Gasteiger partial charge in [0, 0.05) is 31.0 Å². The summed E-state index contributed by atoms with van der Waals surface area (Å²) >= 11 is 11.7. The fourth-order valence-electron chi connectivity index (χ4n) is 1.65. The highest BCUT2D eigenvalue weighted by Crippen LogP contribution is 2.22. The number of anilines is 1. The van der Waals surface area contributed by atoms with Crippen molar-refractivity contribution < 1.29 is 4.79 Å². The molecule has 0 radical (unpaired) electrons. The molecule has 1 aromatic carbocycles. The van der Waals surface area contributed by atoms with E-state index in [2.05, 4.69) is 20.6 Å². The van der Waals surface area contributed by atoms with Gasteiger partial charge in [0.1, 0.15) is 6.07 Å². The Balaban J connectivity index is 1.85. The highest BCUT2D eigenvalue weighted by Gasteiger charge is 2.08. The van der Waals surface area contributed by atoms with Crippen molar-refractivity contribution >= 4 is 34.9 Å². The monoisotopic (exact) mass is 335 g/mol. The minimum absolute atomic E-state index is 0.207. The zero-order chi connectivity index (χ0) is 15.9. The summed E-state index contributed by atoms with van der Waals surface area (Å²) in [6.45, 7) is 0.751. The van der Waals surface area contributed by atoms with Crippen molar-refractivity contribution in [2.45, 2.75) is 0 Å². The molecular formula is C14H11Cl2N5O. The van der Waals surface area contributed by atoms with Crippen LogP contribution in [0.25, 0.3) is 0 Å². The van der Waals surface area contributed by atoms with E-state index in [0.717, 1.165) is 0 Å². The van der Waals surface area contributed by atoms with Crippen molar-refractivity contribution in [1.29, 1.82) is 5.26 Å². The third kappa shape index (κ3) is 4.07. The molecule has 0 saturated carbocycles. The van der Waals surface area contributed by atoms with Gasteiger partial charge in [-0.1, -0.05) is 23.2 Å². The van der Waals surface area contributed by atoms with Gasteiger partial charge in [-0.05, 0) is 18.2 Å². The Kier molecular flexibility index (Phi) is 5.53. The van der Waals surface area contributed by atoms with E-state index in [1.165, 1.54) is 18.5 Å². The zero-order valence-corrected chi connectivity index (χ0v) is 12.8. The Bertz CT molecular complexity index is 729. The minimum Gasteiger partial charge on any atom is -0.366 e. The first kappa shape index (κ1) is 16.0. The summed E-state index contributed by atoms with van der Waals surface area (Å²) in [4.78, 5) is 19.8. The number of aromatic nitrogens is 2. The van der Waals surface area contributed by atoms with Crippen LogP contribution in [-0.4, -0.2) is 29.0 Å². The van der Waals surface area contributed by atoms with Gasteiger partial charge in [0.2, 0.25) is 0 Å². The number of nitrogens with zero attached hydrogens (tertiary/aromatic N) is 3. The highest BCUT2D eigenvalue weighted by atomic mass is 35.5. The van der Waals surface area contributed by atoms with E-state index in [4.69, 9.17) is 28.5 Å². The second-order valence-corrected chi connectivity index (χ2v) is 4.99. The van der Waals surface area contributed by atoms with Gasteiger partial charge in [0.25, 0.3) is 5.91 Å². The van der Waals surface area contributed by atoms with Crippen LogP contribution in [0.4, 0.5) is 5.82 Å². The van der Waals surface area contributed by atoms with Crippen molar-refractivity contribution in [2.24, 2.45) is 0 Å². The summed E-state index contributed by atoms with van der Waals surface area (Å²) in [6.07, 6.45) is 2.92. The van der Waals surface area contributed by atoms with E-state index in [-0.39, 0.29) is 11.6 Å². The fraction of sp³-hybridized carbons (Fsp3) is 0.143. The van der Waals surface area contributed by atoms with Gasteiger partial charge in [-0.2, -0.15) is 5.26 Å². The molecule has 0 aliphatic carbocycles. The number of hydrogen-bond donors (Lipinski definition) is 2. The fourth-order valence-corrected chi connectivity index (χ4v) is 1.94. The number of carbonyl (C=O) groups is 1. The van der Waals surface area contributed by atoms with Gasteiger partial charge < -0.3 is 10.6 Å². The summed E-state index contributed by atoms with van der Waals surface area (Å²) in [5.74, 6) is 0.119. The number of rotatable bonds is 5. The Morgan fingerprint density at radius 1 is 1.18 bits per heavy atom. The molecule has 2 rings (SSSR count). The topological polar surface area (TPSA) is 90.7 Å². The van der Waals surface area contributed by atoms with Gasteiger partial charge >= 0.3 is 0 Å². The molecule has 0 aliphatic rings. The summed E-state index contributed by atoms with van der Waals surface area (Å²) < 4.78 is 0. The second kappa shape index (κ2) is 7.59. The van der Waals surface area contributed by atoms with Crippen molar-refractivity contribution in [3.63, 3.8) is 0 Å². The molecule has 1 amide bonds. The summed E-state index contributed by atoms with van der Waals surface area (Å²) in [5.41, 5.74) is 0.630. The third-order valence-electron chi connectivity index (χ3n) is 2.69. The number of amides is 1. The number of carbonyl (C=O) groups excluding carboxylic acids is 1. The molecule has 0 bridgehead atoms. The van der Waals surface area contributed by atoms with Crippen LogP contribution in [-0.2, 0) is 0 Å². The second-order valence-electron chi connectivity index (χ2n) is 4.18. The van der Waals surface area contributed by atoms with Crippen molar-refractivity contribution in [3.05, 3.63) is 51.9 Å². The summed E-state index contributed by atoms with van der Waals surface area (Å²) in [5, 5.41) is 15.2. The normalized spacial score (nSPS) is 9.86. The Labute approximate surface area is 137 Å². The van der Waals surface area contributed by atoms with Crippen LogP contribution >= 0.6 is 23.2 Å². The van der Waals surface area contributed by atoms with Gasteiger partial charge in [-0.25, -0.2) is 9.97 Å². The van der Waals surface area contributed by atoms with Crippen molar-refractivity contribution in [1.82, 2.24) is 15.3 Å². The lowest BCUT2D eigenvalue weighted by Gasteiger charge is -2.08. The van der Waals surface area contributed by atoms with Crippen LogP contribution in [0.2, 0.25) is 10.0 Å². The summed E-state index contributed by atoms with van der Waals surface area (Å²) in [7, 11) is 0. The van der Waals surface area contributed by atoms with Crippen LogP contribution in [0.1, 0.15) is 16.1 Å². The first-order valence-electron chi connectivity index (χ1n) is 6.30. The number of nitriles is 1. The lowest BCUT2D eigenvalue weighted by Crippen LogP contribution is -2.29. The number of benzene rings is 1. The molecule has 0 unspecified atom stereocenters. The smallest absolute Gasteiger partial charge is 0.251 e. The molecule has 8 heteroatoms. The Hall–Kier alpha value is -2.36. The molecule has 1 heterocycles. The van der Waals surface area contributed by atoms with E-state index in [0.29, 0.717) is 34.5 Å². The largest absolute Gasteiger partial charge is 0.366 e. The van der Waals surface area contributed by atoms with Crippen LogP contribution in [0, 0.1) is 11.3 Å². The molecule has 112 valence electrons. The van der Waals surface area contributed by atoms with E-state index >= 15 is 0 Å². The van der Waals surface area contributed by atoms with E-state index < -0.39 is 0 Å². The Morgan fingerprint density at radius 2 is 1.95 bits per heavy atom. The quantitative estimate of drug-likeness (QED) is 0.819. The lowest BCUT2D eigenvalue weighted by atomic mass is 10.2. The first-order valence-corrected chi connectivity index (χ1v) is 7.05. The highest BCUT2D eigenvalue weighted by molar-refractivity contribution is 6.42. The zero-order valence-electron chi connectivity index (χ0n) is 11.3. The first-order chi connectivity index (χ1) is 10.6. The Morgan fingerprint density at radius 3 is 2.68 bits per heavy atom. The van der Waals surface area contributed by atoms with E-state index in [1.807, 2.05) is 6.07 Å². The molecule has 2 aromatic rings. The van der Waals surface area contributed by atoms with Crippen LogP contribution in [0.3, 0.4) is 0 Å². The predicted octanol–water partition coefficient (Wildman–Crippen LogP) is 2.50. The molecule has 1 aromatic heterocycles. The maximum Gasteiger partial charge on any atom is 0.251 e. The van der Waals surface area contributed by atoms with Crippen LogP contribution < -0.4 is 10.6 Å². The molecule has 0 spiro atoms. The van der Waals surface area contributed by atoms with Gasteiger partial charge in [0.05, 0.1) is 10.0 Å². The minimum atomic E-state index is -0.264. The summed E-state index contributed by atoms with van der Waals surface area (Å²) in [6, 6.07) is 6.59. The van der Waals surface area contributed by atoms with Gasteiger partial charge in [-0.15, -0.1) is 0 Å². The molecule has 0 fully saturated rings. The van der Waals surface area contributed by atoms with Crippen molar-refractivity contribution in [2.75, 3.05) is 18.4 Å². The van der Waals surface area contributed by atoms with Gasteiger partial charge in [-0.3, -0.25) is 4.79 Å². The molecule has 6 nitrogen and oxygen atoms in total. The van der Waals surface area contributed by atoms with Crippen LogP contribution in [0.5, 0.6) is 0 Å². The maximum absolute atomic E-state index is 11.9. The molecule has 2 N–H and O–H groups in total.